The third-order valence-electron chi connectivity index (χ3n) is 2.87. The van der Waals surface area contributed by atoms with Crippen molar-refractivity contribution >= 4 is 11.5 Å². The Bertz CT molecular complexity index is 646. The van der Waals surface area contributed by atoms with E-state index in [1.807, 2.05) is 6.07 Å². The number of benzene rings is 1. The molecule has 110 valence electrons. The summed E-state index contributed by atoms with van der Waals surface area (Å²) >= 11 is 0. The Kier molecular flexibility index (Phi) is 4.55. The number of hydrogen-bond donors (Lipinski definition) is 1. The quantitative estimate of drug-likeness (QED) is 0.649. The highest BCUT2D eigenvalue weighted by molar-refractivity contribution is 5.51. The molecule has 0 aliphatic rings. The number of nitro benzene ring substituents is 1. The molecule has 0 radical (unpaired) electrons. The normalized spacial score (nSPS) is 10.0. The van der Waals surface area contributed by atoms with E-state index in [1.54, 1.807) is 19.3 Å². The molecular weight excluding hydrogens is 274 g/mol. The molecular formula is C14H15N3O4. The molecule has 2 aromatic rings. The Balaban J connectivity index is 2.24. The summed E-state index contributed by atoms with van der Waals surface area (Å²) in [4.78, 5) is 14.7. The summed E-state index contributed by atoms with van der Waals surface area (Å²) in [5.41, 5.74) is 0.697. The molecule has 0 aliphatic carbocycles. The van der Waals surface area contributed by atoms with Crippen molar-refractivity contribution in [3.05, 3.63) is 52.2 Å². The van der Waals surface area contributed by atoms with Gasteiger partial charge < -0.3 is 14.8 Å². The maximum absolute atomic E-state index is 11.0. The number of rotatable bonds is 6. The molecule has 2 rings (SSSR count). The van der Waals surface area contributed by atoms with Gasteiger partial charge in [-0.15, -0.1) is 0 Å². The lowest BCUT2D eigenvalue weighted by molar-refractivity contribution is -0.386. The monoisotopic (exact) mass is 289 g/mol. The highest BCUT2D eigenvalue weighted by atomic mass is 16.6. The van der Waals surface area contributed by atoms with E-state index in [2.05, 4.69) is 10.3 Å². The van der Waals surface area contributed by atoms with Crippen molar-refractivity contribution in [2.75, 3.05) is 19.5 Å². The number of nitrogens with zero attached hydrogens (tertiary/aromatic N) is 2. The van der Waals surface area contributed by atoms with Crippen LogP contribution in [0.5, 0.6) is 11.5 Å². The van der Waals surface area contributed by atoms with Crippen molar-refractivity contribution in [2.45, 2.75) is 6.61 Å². The van der Waals surface area contributed by atoms with E-state index in [4.69, 9.17) is 9.47 Å². The molecule has 0 fully saturated rings. The van der Waals surface area contributed by atoms with E-state index in [1.165, 1.54) is 25.3 Å². The largest absolute Gasteiger partial charge is 0.497 e. The predicted molar refractivity (Wildman–Crippen MR) is 77.8 cm³/mol. The van der Waals surface area contributed by atoms with Gasteiger partial charge in [-0.05, 0) is 12.1 Å². The van der Waals surface area contributed by atoms with Gasteiger partial charge in [0.1, 0.15) is 18.2 Å². The van der Waals surface area contributed by atoms with Crippen molar-refractivity contribution in [2.24, 2.45) is 0 Å². The number of hydrogen-bond acceptors (Lipinski definition) is 6. The van der Waals surface area contributed by atoms with Crippen LogP contribution in [0.2, 0.25) is 0 Å². The number of methoxy groups -OCH3 is 1. The first-order valence-corrected chi connectivity index (χ1v) is 6.22. The first-order chi connectivity index (χ1) is 10.2. The topological polar surface area (TPSA) is 86.5 Å². The Morgan fingerprint density at radius 1 is 1.38 bits per heavy atom. The van der Waals surface area contributed by atoms with Crippen molar-refractivity contribution < 1.29 is 14.4 Å². The molecule has 0 saturated carbocycles. The fraction of sp³-hybridized carbons (Fsp3) is 0.214. The molecule has 7 nitrogen and oxygen atoms in total. The van der Waals surface area contributed by atoms with Crippen LogP contribution in [0.15, 0.2) is 36.5 Å². The van der Waals surface area contributed by atoms with E-state index in [0.29, 0.717) is 11.6 Å². The fourth-order valence-electron chi connectivity index (χ4n) is 1.82. The van der Waals surface area contributed by atoms with Crippen LogP contribution in [0, 0.1) is 10.1 Å². The number of pyridine rings is 1. The summed E-state index contributed by atoms with van der Waals surface area (Å²) in [6.45, 7) is 0.165. The zero-order valence-electron chi connectivity index (χ0n) is 11.7. The summed E-state index contributed by atoms with van der Waals surface area (Å²) in [6, 6.07) is 7.99. The highest BCUT2D eigenvalue weighted by Crippen LogP contribution is 2.32. The Labute approximate surface area is 121 Å². The first-order valence-electron chi connectivity index (χ1n) is 6.22. The summed E-state index contributed by atoms with van der Waals surface area (Å²) in [5, 5.41) is 14.0. The fourth-order valence-corrected chi connectivity index (χ4v) is 1.82. The molecule has 21 heavy (non-hydrogen) atoms. The smallest absolute Gasteiger partial charge is 0.311 e. The summed E-state index contributed by atoms with van der Waals surface area (Å²) in [5.74, 6) is 1.32. The molecule has 0 aliphatic heterocycles. The minimum atomic E-state index is -0.489. The second-order valence-electron chi connectivity index (χ2n) is 4.14. The van der Waals surface area contributed by atoms with Gasteiger partial charge in [0.2, 0.25) is 5.75 Å². The Morgan fingerprint density at radius 2 is 2.19 bits per heavy atom. The maximum atomic E-state index is 11.0. The summed E-state index contributed by atoms with van der Waals surface area (Å²) in [6.07, 6.45) is 1.66. The molecule has 0 spiro atoms. The molecule has 1 aromatic carbocycles. The lowest BCUT2D eigenvalue weighted by Gasteiger charge is -2.10. The van der Waals surface area contributed by atoms with Crippen LogP contribution in [0.4, 0.5) is 11.5 Å². The van der Waals surface area contributed by atoms with Gasteiger partial charge in [0.15, 0.2) is 0 Å². The third-order valence-corrected chi connectivity index (χ3v) is 2.87. The molecule has 0 unspecified atom stereocenters. The van der Waals surface area contributed by atoms with Crippen molar-refractivity contribution in [1.29, 1.82) is 0 Å². The summed E-state index contributed by atoms with van der Waals surface area (Å²) in [7, 11) is 3.24. The zero-order valence-corrected chi connectivity index (χ0v) is 11.7. The van der Waals surface area contributed by atoms with Gasteiger partial charge in [-0.1, -0.05) is 6.07 Å². The van der Waals surface area contributed by atoms with Crippen molar-refractivity contribution in [3.8, 4) is 11.5 Å². The second kappa shape index (κ2) is 6.56. The number of nitro groups is 1. The van der Waals surface area contributed by atoms with Gasteiger partial charge in [0.25, 0.3) is 0 Å². The lowest BCUT2D eigenvalue weighted by Crippen LogP contribution is -2.04. The van der Waals surface area contributed by atoms with Crippen LogP contribution < -0.4 is 14.8 Å². The van der Waals surface area contributed by atoms with Gasteiger partial charge >= 0.3 is 5.69 Å². The van der Waals surface area contributed by atoms with Crippen LogP contribution >= 0.6 is 0 Å². The Hall–Kier alpha value is -2.83. The third kappa shape index (κ3) is 3.38. The molecule has 1 heterocycles. The lowest BCUT2D eigenvalue weighted by atomic mass is 10.2. The van der Waals surface area contributed by atoms with E-state index in [9.17, 15) is 10.1 Å². The minimum Gasteiger partial charge on any atom is -0.497 e. The van der Waals surface area contributed by atoms with Crippen LogP contribution in [0.3, 0.4) is 0 Å². The molecule has 1 N–H and O–H groups in total. The average Bonchev–Trinajstić information content (AvgIpc) is 2.52. The number of nitrogens with one attached hydrogen (secondary N) is 1. The average molecular weight is 289 g/mol. The van der Waals surface area contributed by atoms with E-state index >= 15 is 0 Å². The molecule has 0 amide bonds. The van der Waals surface area contributed by atoms with Gasteiger partial charge in [-0.25, -0.2) is 4.98 Å². The van der Waals surface area contributed by atoms with Crippen LogP contribution in [-0.2, 0) is 6.61 Å². The Morgan fingerprint density at radius 3 is 2.86 bits per heavy atom. The predicted octanol–water partition coefficient (Wildman–Crippen LogP) is 2.62. The van der Waals surface area contributed by atoms with Gasteiger partial charge in [-0.2, -0.15) is 0 Å². The van der Waals surface area contributed by atoms with Crippen LogP contribution in [0.1, 0.15) is 5.56 Å². The van der Waals surface area contributed by atoms with Crippen LogP contribution in [0.25, 0.3) is 0 Å². The van der Waals surface area contributed by atoms with E-state index in [-0.39, 0.29) is 18.0 Å². The number of aromatic nitrogens is 1. The van der Waals surface area contributed by atoms with Crippen LogP contribution in [-0.4, -0.2) is 24.1 Å². The summed E-state index contributed by atoms with van der Waals surface area (Å²) < 4.78 is 10.6. The molecule has 0 bridgehead atoms. The van der Waals surface area contributed by atoms with E-state index < -0.39 is 4.92 Å². The minimum absolute atomic E-state index is 0.106. The van der Waals surface area contributed by atoms with Gasteiger partial charge in [0, 0.05) is 30.9 Å². The maximum Gasteiger partial charge on any atom is 0.311 e. The van der Waals surface area contributed by atoms with E-state index in [0.717, 1.165) is 5.56 Å². The number of anilines is 1. The van der Waals surface area contributed by atoms with Crippen molar-refractivity contribution in [3.63, 3.8) is 0 Å². The van der Waals surface area contributed by atoms with Gasteiger partial charge in [0.05, 0.1) is 12.0 Å². The molecule has 0 saturated heterocycles. The first kappa shape index (κ1) is 14.6. The number of ether oxygens (including phenoxy) is 2. The molecule has 7 heteroatoms. The van der Waals surface area contributed by atoms with Gasteiger partial charge in [-0.3, -0.25) is 10.1 Å². The highest BCUT2D eigenvalue weighted by Gasteiger charge is 2.16. The standard InChI is InChI=1S/C14H15N3O4/c1-15-14-10(4-3-7-16-14)9-21-13-8-11(20-2)5-6-12(13)17(18)19/h3-8H,9H2,1-2H3,(H,15,16). The van der Waals surface area contributed by atoms with Crippen molar-refractivity contribution in [1.82, 2.24) is 4.98 Å². The second-order valence-corrected chi connectivity index (χ2v) is 4.14. The molecule has 0 atom stereocenters. The zero-order chi connectivity index (χ0) is 15.2. The molecule has 1 aromatic heterocycles. The SMILES string of the molecule is CNc1ncccc1COc1cc(OC)ccc1[N+](=O)[O-].